The number of aromatic amines is 1. The largest absolute Gasteiger partial charge is 0.361 e. The van der Waals surface area contributed by atoms with Gasteiger partial charge >= 0.3 is 0 Å². The van der Waals surface area contributed by atoms with Crippen molar-refractivity contribution in [3.05, 3.63) is 71.9 Å². The van der Waals surface area contributed by atoms with Gasteiger partial charge in [-0.3, -0.25) is 28.8 Å². The van der Waals surface area contributed by atoms with E-state index in [1.807, 2.05) is 67.7 Å². The summed E-state index contributed by atoms with van der Waals surface area (Å²) in [6, 6.07) is 11.4. The van der Waals surface area contributed by atoms with Crippen molar-refractivity contribution in [2.24, 2.45) is 11.7 Å². The van der Waals surface area contributed by atoms with Crippen LogP contribution < -0.4 is 32.3 Å². The van der Waals surface area contributed by atoms with Crippen molar-refractivity contribution < 1.29 is 28.8 Å². The lowest BCUT2D eigenvalue weighted by Gasteiger charge is -2.32. The third kappa shape index (κ3) is 11.7. The van der Waals surface area contributed by atoms with E-state index < -0.39 is 65.8 Å². The molecule has 3 fully saturated rings. The standard InChI is InChI=1S/C45H62N8O6/c1-2-3-19-35-41(55)47-23-12-21-36(50-40(54)33(46)25-29-14-6-4-7-15-29)45(59)53-24-13-22-39(53)44(58)52-37(26-30-16-8-5-9-17-30)42(56)51-38(43(57)49-35)27-31-28-48-34-20-11-10-18-32(31)34/h4,6-7,10-11,14-15,18,20,28,30,33,35-39,48H,2-3,5,8-9,12-13,16-17,19,21-27,46H2,1H3,(H,47,55)(H,49,57)(H,50,54)(H,51,56)(H,52,58)/t33-,35-,36-,37+,38-,39-/m0/s1. The minimum absolute atomic E-state index is 0.154. The average Bonchev–Trinajstić information content (AvgIpc) is 3.91. The highest BCUT2D eigenvalue weighted by Crippen LogP contribution is 2.28. The summed E-state index contributed by atoms with van der Waals surface area (Å²) in [6.07, 6.45) is 11.0. The number of amides is 6. The van der Waals surface area contributed by atoms with Crippen LogP contribution in [0.2, 0.25) is 0 Å². The van der Waals surface area contributed by atoms with E-state index in [1.54, 1.807) is 0 Å². The summed E-state index contributed by atoms with van der Waals surface area (Å²) in [5.74, 6) is -2.50. The number of carbonyl (C=O) groups excluding carboxylic acids is 6. The second-order valence-corrected chi connectivity index (χ2v) is 16.6. The quantitative estimate of drug-likeness (QED) is 0.154. The SMILES string of the molecule is CCCC[C@@H]1NC(=O)[C@H](Cc2c[nH]c3ccccc23)NC(=O)[C@@H](CC2CCCCC2)NC(=O)[C@@H]2CCCN2C(=O)[C@@H](NC(=O)[C@@H](N)Cc2ccccc2)CCCNC1=O. The van der Waals surface area contributed by atoms with Gasteiger partial charge in [0, 0.05) is 36.6 Å². The molecule has 2 saturated heterocycles. The molecule has 2 aliphatic heterocycles. The Labute approximate surface area is 346 Å². The van der Waals surface area contributed by atoms with Crippen LogP contribution in [0.1, 0.15) is 102 Å². The summed E-state index contributed by atoms with van der Waals surface area (Å²) >= 11 is 0. The van der Waals surface area contributed by atoms with Crippen molar-refractivity contribution in [1.29, 1.82) is 0 Å². The topological polar surface area (TPSA) is 208 Å². The monoisotopic (exact) mass is 810 g/mol. The van der Waals surface area contributed by atoms with Crippen molar-refractivity contribution >= 4 is 46.3 Å². The fourth-order valence-electron chi connectivity index (χ4n) is 8.85. The van der Waals surface area contributed by atoms with Gasteiger partial charge in [-0.2, -0.15) is 0 Å². The Bertz CT molecular complexity index is 1910. The summed E-state index contributed by atoms with van der Waals surface area (Å²) in [6.45, 7) is 2.49. The molecule has 14 heteroatoms. The molecule has 3 aromatic rings. The minimum atomic E-state index is -1.05. The average molecular weight is 811 g/mol. The van der Waals surface area contributed by atoms with Crippen molar-refractivity contribution in [2.45, 2.75) is 139 Å². The lowest BCUT2D eigenvalue weighted by atomic mass is 9.84. The number of benzene rings is 2. The maximum Gasteiger partial charge on any atom is 0.245 e. The van der Waals surface area contributed by atoms with Crippen molar-refractivity contribution in [3.63, 3.8) is 0 Å². The molecule has 1 saturated carbocycles. The number of H-pyrrole nitrogens is 1. The van der Waals surface area contributed by atoms with E-state index in [4.69, 9.17) is 5.73 Å². The Kier molecular flexibility index (Phi) is 15.5. The predicted molar refractivity (Wildman–Crippen MR) is 226 cm³/mol. The Morgan fingerprint density at radius 1 is 0.797 bits per heavy atom. The van der Waals surface area contributed by atoms with Crippen LogP contribution in [-0.4, -0.2) is 94.7 Å². The second-order valence-electron chi connectivity index (χ2n) is 16.6. The molecule has 0 unspecified atom stereocenters. The van der Waals surface area contributed by atoms with E-state index in [9.17, 15) is 28.8 Å². The van der Waals surface area contributed by atoms with Gasteiger partial charge in [0.25, 0.3) is 0 Å². The second kappa shape index (κ2) is 21.1. The van der Waals surface area contributed by atoms with E-state index in [1.165, 1.54) is 4.90 Å². The molecule has 6 rings (SSSR count). The molecule has 1 aromatic heterocycles. The van der Waals surface area contributed by atoms with Gasteiger partial charge in [-0.25, -0.2) is 0 Å². The molecule has 2 aromatic carbocycles. The van der Waals surface area contributed by atoms with Crippen LogP contribution in [0.3, 0.4) is 0 Å². The molecule has 6 atom stereocenters. The normalized spacial score (nSPS) is 24.9. The highest BCUT2D eigenvalue weighted by molar-refractivity contribution is 5.97. The number of carbonyl (C=O) groups is 6. The molecule has 3 heterocycles. The first-order chi connectivity index (χ1) is 28.6. The van der Waals surface area contributed by atoms with E-state index >= 15 is 0 Å². The summed E-state index contributed by atoms with van der Waals surface area (Å²) in [5.41, 5.74) is 8.94. The number of para-hydroxylation sites is 1. The number of hydrogen-bond donors (Lipinski definition) is 7. The molecule has 1 aliphatic carbocycles. The Morgan fingerprint density at radius 2 is 1.51 bits per heavy atom. The Morgan fingerprint density at radius 3 is 2.29 bits per heavy atom. The molecular formula is C45H62N8O6. The molecule has 14 nitrogen and oxygen atoms in total. The smallest absolute Gasteiger partial charge is 0.245 e. The van der Waals surface area contributed by atoms with Crippen molar-refractivity contribution in [3.8, 4) is 0 Å². The Balaban J connectivity index is 1.29. The zero-order valence-electron chi connectivity index (χ0n) is 34.3. The van der Waals surface area contributed by atoms with Crippen LogP contribution in [0.5, 0.6) is 0 Å². The van der Waals surface area contributed by atoms with E-state index in [-0.39, 0.29) is 37.6 Å². The molecule has 318 valence electrons. The van der Waals surface area contributed by atoms with Gasteiger partial charge in [0.1, 0.15) is 30.2 Å². The summed E-state index contributed by atoms with van der Waals surface area (Å²) in [7, 11) is 0. The number of nitrogens with two attached hydrogens (primary N) is 1. The fraction of sp³-hybridized carbons (Fsp3) is 0.556. The third-order valence-corrected chi connectivity index (χ3v) is 12.2. The minimum Gasteiger partial charge on any atom is -0.361 e. The molecule has 59 heavy (non-hydrogen) atoms. The number of hydrogen-bond acceptors (Lipinski definition) is 7. The fourth-order valence-corrected chi connectivity index (χ4v) is 8.85. The first-order valence-corrected chi connectivity index (χ1v) is 21.8. The van der Waals surface area contributed by atoms with Crippen LogP contribution in [0, 0.1) is 5.92 Å². The highest BCUT2D eigenvalue weighted by Gasteiger charge is 2.40. The van der Waals surface area contributed by atoms with Gasteiger partial charge in [-0.15, -0.1) is 0 Å². The number of fused-ring (bicyclic) bond motifs is 2. The molecule has 6 amide bonds. The molecular weight excluding hydrogens is 749 g/mol. The van der Waals surface area contributed by atoms with Gasteiger partial charge in [0.15, 0.2) is 0 Å². The van der Waals surface area contributed by atoms with E-state index in [0.717, 1.165) is 60.6 Å². The van der Waals surface area contributed by atoms with Crippen LogP contribution in [-0.2, 0) is 41.6 Å². The van der Waals surface area contributed by atoms with E-state index in [0.29, 0.717) is 45.1 Å². The van der Waals surface area contributed by atoms with Gasteiger partial charge in [-0.05, 0) is 68.1 Å². The van der Waals surface area contributed by atoms with Crippen LogP contribution in [0.25, 0.3) is 10.9 Å². The predicted octanol–water partition coefficient (Wildman–Crippen LogP) is 3.28. The number of rotatable bonds is 11. The maximum atomic E-state index is 14.5. The lowest BCUT2D eigenvalue weighted by molar-refractivity contribution is -0.142. The lowest BCUT2D eigenvalue weighted by Crippen LogP contribution is -2.60. The molecule has 0 bridgehead atoms. The summed E-state index contributed by atoms with van der Waals surface area (Å²) in [5, 5.41) is 15.7. The molecule has 3 aliphatic rings. The third-order valence-electron chi connectivity index (χ3n) is 12.2. The zero-order chi connectivity index (χ0) is 41.7. The first-order valence-electron chi connectivity index (χ1n) is 21.8. The van der Waals surface area contributed by atoms with Gasteiger partial charge < -0.3 is 42.2 Å². The van der Waals surface area contributed by atoms with Crippen LogP contribution >= 0.6 is 0 Å². The van der Waals surface area contributed by atoms with Crippen LogP contribution in [0.15, 0.2) is 60.8 Å². The molecule has 0 radical (unpaired) electrons. The molecule has 0 spiro atoms. The Hall–Kier alpha value is -5.24. The van der Waals surface area contributed by atoms with Gasteiger partial charge in [0.05, 0.1) is 6.04 Å². The summed E-state index contributed by atoms with van der Waals surface area (Å²) in [4.78, 5) is 89.4. The van der Waals surface area contributed by atoms with E-state index in [2.05, 4.69) is 31.6 Å². The summed E-state index contributed by atoms with van der Waals surface area (Å²) < 4.78 is 0. The number of aromatic nitrogens is 1. The van der Waals surface area contributed by atoms with Crippen molar-refractivity contribution in [1.82, 2.24) is 36.5 Å². The van der Waals surface area contributed by atoms with Crippen LogP contribution in [0.4, 0.5) is 0 Å². The number of nitrogens with zero attached hydrogens (tertiary/aromatic N) is 1. The number of unbranched alkanes of at least 4 members (excludes halogenated alkanes) is 1. The maximum absolute atomic E-state index is 14.5. The molecule has 8 N–H and O–H groups in total. The highest BCUT2D eigenvalue weighted by atomic mass is 16.2. The number of nitrogens with one attached hydrogen (secondary N) is 6. The first kappa shape index (κ1) is 43.3. The van der Waals surface area contributed by atoms with Gasteiger partial charge in [-0.1, -0.05) is 100 Å². The zero-order valence-corrected chi connectivity index (χ0v) is 34.3. The van der Waals surface area contributed by atoms with Gasteiger partial charge in [0.2, 0.25) is 35.4 Å². The van der Waals surface area contributed by atoms with Crippen molar-refractivity contribution in [2.75, 3.05) is 13.1 Å².